The summed E-state index contributed by atoms with van der Waals surface area (Å²) < 4.78 is 34.8. The number of fused-ring (bicyclic) bond motifs is 18. The van der Waals surface area contributed by atoms with Gasteiger partial charge in [0.25, 0.3) is 5.69 Å². The van der Waals surface area contributed by atoms with Crippen molar-refractivity contribution < 1.29 is 33.3 Å². The van der Waals surface area contributed by atoms with E-state index in [1.807, 2.05) is 0 Å². The van der Waals surface area contributed by atoms with Gasteiger partial charge in [0.05, 0.1) is 63.8 Å². The molecule has 0 aromatic heterocycles. The number of rotatable bonds is 1. The van der Waals surface area contributed by atoms with Gasteiger partial charge in [0, 0.05) is 45.3 Å². The summed E-state index contributed by atoms with van der Waals surface area (Å²) in [6.45, 7) is 9.48. The Morgan fingerprint density at radius 1 is 0.606 bits per heavy atom. The summed E-state index contributed by atoms with van der Waals surface area (Å²) in [7, 11) is 0. The maximum atomic E-state index is 11.2. The van der Waals surface area contributed by atoms with Crippen LogP contribution in [0.15, 0.2) is 18.2 Å². The van der Waals surface area contributed by atoms with Crippen LogP contribution in [-0.2, 0) is 18.9 Å². The number of nitro groups is 1. The van der Waals surface area contributed by atoms with Crippen LogP contribution in [-0.4, -0.2) is 120 Å². The molecule has 1 aromatic carbocycles. The normalized spacial score (nSPS) is 25.1. The van der Waals surface area contributed by atoms with Crippen molar-refractivity contribution in [1.82, 2.24) is 9.80 Å². The minimum atomic E-state index is -0.434. The summed E-state index contributed by atoms with van der Waals surface area (Å²) >= 11 is 0. The van der Waals surface area contributed by atoms with E-state index in [4.69, 9.17) is 28.4 Å². The van der Waals surface area contributed by atoms with Gasteiger partial charge in [-0.25, -0.2) is 0 Å². The fourth-order valence-corrected chi connectivity index (χ4v) is 3.50. The molecule has 3 aliphatic heterocycles. The second-order valence-electron chi connectivity index (χ2n) is 7.72. The maximum Gasteiger partial charge on any atom is 0.273 e. The van der Waals surface area contributed by atoms with Gasteiger partial charge in [0.2, 0.25) is 0 Å². The minimum Gasteiger partial charge on any atom is -0.488 e. The number of hydrogen-bond acceptors (Lipinski definition) is 10. The SMILES string of the molecule is O=[N+]([O-])c1ccc2c(c1)OCCN1CCOCCOCCN(CCOCCOCC1)CCO2. The molecule has 0 aliphatic carbocycles. The smallest absolute Gasteiger partial charge is 0.273 e. The van der Waals surface area contributed by atoms with Gasteiger partial charge in [0.1, 0.15) is 13.2 Å². The molecule has 0 radical (unpaired) electrons. The molecule has 2 bridgehead atoms. The summed E-state index contributed by atoms with van der Waals surface area (Å²) in [6.07, 6.45) is 0. The highest BCUT2D eigenvalue weighted by Crippen LogP contribution is 2.31. The lowest BCUT2D eigenvalue weighted by atomic mass is 10.3. The third-order valence-corrected chi connectivity index (χ3v) is 5.42. The highest BCUT2D eigenvalue weighted by atomic mass is 16.6. The first-order valence-electron chi connectivity index (χ1n) is 11.5. The van der Waals surface area contributed by atoms with Gasteiger partial charge in [0.15, 0.2) is 11.5 Å². The van der Waals surface area contributed by atoms with E-state index in [0.717, 1.165) is 26.2 Å². The fourth-order valence-electron chi connectivity index (χ4n) is 3.50. The van der Waals surface area contributed by atoms with Gasteiger partial charge in [-0.15, -0.1) is 0 Å². The topological polar surface area (TPSA) is 105 Å². The van der Waals surface area contributed by atoms with E-state index in [2.05, 4.69) is 9.80 Å². The average Bonchev–Trinajstić information content (AvgIpc) is 2.81. The molecule has 33 heavy (non-hydrogen) atoms. The van der Waals surface area contributed by atoms with E-state index >= 15 is 0 Å². The lowest BCUT2D eigenvalue weighted by molar-refractivity contribution is -0.385. The highest BCUT2D eigenvalue weighted by molar-refractivity contribution is 5.48. The van der Waals surface area contributed by atoms with Gasteiger partial charge >= 0.3 is 0 Å². The number of ether oxygens (including phenoxy) is 6. The molecule has 1 saturated heterocycles. The maximum absolute atomic E-state index is 11.2. The van der Waals surface area contributed by atoms with Gasteiger partial charge in [-0.1, -0.05) is 0 Å². The molecule has 11 heteroatoms. The van der Waals surface area contributed by atoms with Crippen LogP contribution in [0.5, 0.6) is 11.5 Å². The van der Waals surface area contributed by atoms with Crippen molar-refractivity contribution in [2.75, 3.05) is 105 Å². The van der Waals surface area contributed by atoms with Crippen molar-refractivity contribution in [1.29, 1.82) is 0 Å². The van der Waals surface area contributed by atoms with Gasteiger partial charge in [-0.3, -0.25) is 19.9 Å². The van der Waals surface area contributed by atoms with Crippen molar-refractivity contribution in [3.05, 3.63) is 28.3 Å². The molecule has 0 saturated carbocycles. The summed E-state index contributed by atoms with van der Waals surface area (Å²) in [6, 6.07) is 4.45. The van der Waals surface area contributed by atoms with E-state index in [1.54, 1.807) is 6.07 Å². The van der Waals surface area contributed by atoms with E-state index in [9.17, 15) is 10.1 Å². The lowest BCUT2D eigenvalue weighted by Gasteiger charge is -2.25. The Balaban J connectivity index is 1.75. The van der Waals surface area contributed by atoms with E-state index in [0.29, 0.717) is 90.7 Å². The molecule has 3 aliphatic rings. The quantitative estimate of drug-likeness (QED) is 0.438. The Hall–Kier alpha value is -2.02. The molecule has 11 nitrogen and oxygen atoms in total. The van der Waals surface area contributed by atoms with Crippen LogP contribution < -0.4 is 9.47 Å². The van der Waals surface area contributed by atoms with Crippen LogP contribution in [0.25, 0.3) is 0 Å². The fraction of sp³-hybridized carbons (Fsp3) is 0.727. The number of non-ortho nitro benzene ring substituents is 1. The van der Waals surface area contributed by atoms with Crippen LogP contribution >= 0.6 is 0 Å². The molecule has 3 heterocycles. The van der Waals surface area contributed by atoms with Crippen molar-refractivity contribution in [2.45, 2.75) is 0 Å². The largest absolute Gasteiger partial charge is 0.488 e. The first-order valence-corrected chi connectivity index (χ1v) is 11.5. The predicted octanol–water partition coefficient (Wildman–Crippen LogP) is 1.05. The Bertz CT molecular complexity index is 688. The third-order valence-electron chi connectivity index (χ3n) is 5.42. The summed E-state index contributed by atoms with van der Waals surface area (Å²) in [4.78, 5) is 15.2. The number of benzene rings is 1. The van der Waals surface area contributed by atoms with Crippen molar-refractivity contribution in [3.8, 4) is 11.5 Å². The molecule has 0 atom stereocenters. The van der Waals surface area contributed by atoms with Crippen molar-refractivity contribution in [3.63, 3.8) is 0 Å². The number of nitro benzene ring substituents is 1. The number of nitrogens with zero attached hydrogens (tertiary/aromatic N) is 3. The molecule has 0 amide bonds. The molecular formula is C22H35N3O8. The first kappa shape index (κ1) is 25.6. The molecule has 1 fully saturated rings. The Kier molecular flexibility index (Phi) is 11.6. The Labute approximate surface area is 194 Å². The van der Waals surface area contributed by atoms with Crippen molar-refractivity contribution in [2.24, 2.45) is 0 Å². The molecule has 186 valence electrons. The van der Waals surface area contributed by atoms with Gasteiger partial charge in [-0.2, -0.15) is 0 Å². The van der Waals surface area contributed by atoms with Crippen LogP contribution in [0.2, 0.25) is 0 Å². The second-order valence-corrected chi connectivity index (χ2v) is 7.72. The van der Waals surface area contributed by atoms with E-state index in [-0.39, 0.29) is 5.69 Å². The van der Waals surface area contributed by atoms with Gasteiger partial charge < -0.3 is 28.4 Å². The third kappa shape index (κ3) is 9.78. The standard InChI is InChI=1S/C22H35N3O8/c26-25(27)20-1-2-21-22(19-20)33-14-8-24-5-11-30-17-15-28-9-3-23(7-13-32-21)4-10-29-16-18-31-12-6-24/h1-2,19H,3-18H2. The molecule has 1 aromatic rings. The summed E-state index contributed by atoms with van der Waals surface area (Å²) in [5.41, 5.74) is -0.0313. The van der Waals surface area contributed by atoms with Crippen LogP contribution in [0.1, 0.15) is 0 Å². The Morgan fingerprint density at radius 2 is 1.03 bits per heavy atom. The molecule has 0 N–H and O–H groups in total. The van der Waals surface area contributed by atoms with E-state index < -0.39 is 4.92 Å². The van der Waals surface area contributed by atoms with Crippen LogP contribution in [0.4, 0.5) is 5.69 Å². The average molecular weight is 470 g/mol. The molecule has 4 rings (SSSR count). The zero-order chi connectivity index (χ0) is 23.1. The zero-order valence-corrected chi connectivity index (χ0v) is 19.2. The second kappa shape index (κ2) is 15.0. The molecule has 0 unspecified atom stereocenters. The zero-order valence-electron chi connectivity index (χ0n) is 19.2. The molecule has 0 spiro atoms. The predicted molar refractivity (Wildman–Crippen MR) is 120 cm³/mol. The lowest BCUT2D eigenvalue weighted by Crippen LogP contribution is -2.36. The minimum absolute atomic E-state index is 0.0313. The Morgan fingerprint density at radius 3 is 1.48 bits per heavy atom. The van der Waals surface area contributed by atoms with Crippen molar-refractivity contribution >= 4 is 5.69 Å². The summed E-state index contributed by atoms with van der Waals surface area (Å²) in [5.74, 6) is 0.866. The highest BCUT2D eigenvalue weighted by Gasteiger charge is 2.15. The number of hydrogen-bond donors (Lipinski definition) is 0. The van der Waals surface area contributed by atoms with Gasteiger partial charge in [-0.05, 0) is 6.07 Å². The first-order chi connectivity index (χ1) is 16.2. The van der Waals surface area contributed by atoms with Crippen LogP contribution in [0, 0.1) is 10.1 Å². The van der Waals surface area contributed by atoms with E-state index in [1.165, 1.54) is 12.1 Å². The monoisotopic (exact) mass is 469 g/mol. The molecular weight excluding hydrogens is 434 g/mol. The van der Waals surface area contributed by atoms with Crippen LogP contribution in [0.3, 0.4) is 0 Å². The summed E-state index contributed by atoms with van der Waals surface area (Å²) in [5, 5.41) is 11.2.